The van der Waals surface area contributed by atoms with Gasteiger partial charge in [-0.1, -0.05) is 41.4 Å². The molecule has 1 aliphatic rings. The first-order chi connectivity index (χ1) is 17.1. The molecule has 0 spiro atoms. The number of ketones is 1. The number of aliphatic hydroxyl groups is 1. The van der Waals surface area contributed by atoms with Gasteiger partial charge in [-0.3, -0.25) is 19.3 Å². The van der Waals surface area contributed by atoms with Crippen LogP contribution >= 0.6 is 23.2 Å². The maximum absolute atomic E-state index is 13.4. The average molecular weight is 524 g/mol. The molecule has 1 aliphatic heterocycles. The number of nitrogens with one attached hydrogen (secondary N) is 1. The normalized spacial score (nSPS) is 16.8. The first-order valence-corrected chi connectivity index (χ1v) is 11.8. The summed E-state index contributed by atoms with van der Waals surface area (Å²) in [6, 6.07) is 17.5. The molecule has 1 atom stereocenters. The molecule has 1 unspecified atom stereocenters. The summed E-state index contributed by atoms with van der Waals surface area (Å²) in [5.41, 5.74) is 2.57. The van der Waals surface area contributed by atoms with Gasteiger partial charge in [0.25, 0.3) is 11.7 Å². The van der Waals surface area contributed by atoms with Gasteiger partial charge in [-0.15, -0.1) is 0 Å². The Kier molecular flexibility index (Phi) is 7.06. The van der Waals surface area contributed by atoms with Crippen molar-refractivity contribution < 1.29 is 19.5 Å². The number of carbonyl (C=O) groups excluding carboxylic acids is 3. The summed E-state index contributed by atoms with van der Waals surface area (Å²) >= 11 is 12.2. The number of anilines is 3. The summed E-state index contributed by atoms with van der Waals surface area (Å²) in [5.74, 6) is -2.29. The second-order valence-electron chi connectivity index (χ2n) is 8.52. The van der Waals surface area contributed by atoms with Gasteiger partial charge in [-0.25, -0.2) is 0 Å². The van der Waals surface area contributed by atoms with E-state index in [-0.39, 0.29) is 27.8 Å². The van der Waals surface area contributed by atoms with Crippen LogP contribution in [-0.4, -0.2) is 36.8 Å². The van der Waals surface area contributed by atoms with Gasteiger partial charge in [0.2, 0.25) is 5.91 Å². The second-order valence-corrected chi connectivity index (χ2v) is 9.33. The fourth-order valence-corrected chi connectivity index (χ4v) is 4.40. The molecule has 1 heterocycles. The number of nitrogens with zero attached hydrogens (tertiary/aromatic N) is 2. The van der Waals surface area contributed by atoms with E-state index in [1.165, 1.54) is 30.0 Å². The summed E-state index contributed by atoms with van der Waals surface area (Å²) in [6.45, 7) is 1.38. The minimum atomic E-state index is -0.928. The average Bonchev–Trinajstić information content (AvgIpc) is 3.10. The number of hydrogen-bond acceptors (Lipinski definition) is 5. The van der Waals surface area contributed by atoms with E-state index in [1.54, 1.807) is 36.4 Å². The molecule has 4 rings (SSSR count). The van der Waals surface area contributed by atoms with Crippen LogP contribution in [0.4, 0.5) is 17.1 Å². The highest BCUT2D eigenvalue weighted by Crippen LogP contribution is 2.43. The zero-order valence-electron chi connectivity index (χ0n) is 19.8. The highest BCUT2D eigenvalue weighted by atomic mass is 35.5. The molecular weight excluding hydrogens is 501 g/mol. The molecule has 3 aromatic rings. The molecule has 9 heteroatoms. The van der Waals surface area contributed by atoms with E-state index in [0.717, 1.165) is 5.69 Å². The lowest BCUT2D eigenvalue weighted by Crippen LogP contribution is -2.29. The van der Waals surface area contributed by atoms with Crippen LogP contribution in [-0.2, 0) is 14.4 Å². The Labute approximate surface area is 218 Å². The van der Waals surface area contributed by atoms with Crippen molar-refractivity contribution in [1.29, 1.82) is 0 Å². The Morgan fingerprint density at radius 1 is 0.972 bits per heavy atom. The molecule has 184 valence electrons. The van der Waals surface area contributed by atoms with Crippen LogP contribution in [0.5, 0.6) is 0 Å². The van der Waals surface area contributed by atoms with Crippen molar-refractivity contribution in [3.63, 3.8) is 0 Å². The van der Waals surface area contributed by atoms with Crippen LogP contribution in [0, 0.1) is 0 Å². The Morgan fingerprint density at radius 2 is 1.67 bits per heavy atom. The van der Waals surface area contributed by atoms with Crippen molar-refractivity contribution in [3.8, 4) is 0 Å². The molecule has 2 amide bonds. The lowest BCUT2D eigenvalue weighted by atomic mass is 9.95. The molecule has 1 saturated heterocycles. The summed E-state index contributed by atoms with van der Waals surface area (Å²) in [5, 5.41) is 14.4. The summed E-state index contributed by atoms with van der Waals surface area (Å²) in [6.07, 6.45) is 0. The maximum atomic E-state index is 13.4. The van der Waals surface area contributed by atoms with Crippen LogP contribution in [0.25, 0.3) is 5.76 Å². The van der Waals surface area contributed by atoms with Gasteiger partial charge in [-0.2, -0.15) is 0 Å². The zero-order chi connectivity index (χ0) is 26.1. The van der Waals surface area contributed by atoms with Gasteiger partial charge in [-0.05, 0) is 54.1 Å². The molecule has 1 fully saturated rings. The third kappa shape index (κ3) is 4.80. The number of Topliss-reactive ketones (excluding diaryl/α,β-unsaturated/α-hetero) is 1. The van der Waals surface area contributed by atoms with Crippen LogP contribution < -0.4 is 15.1 Å². The Bertz CT molecular complexity index is 1400. The molecule has 7 nitrogen and oxygen atoms in total. The Hall–Kier alpha value is -3.81. The van der Waals surface area contributed by atoms with E-state index in [4.69, 9.17) is 23.2 Å². The number of aliphatic hydroxyl groups excluding tert-OH is 1. The van der Waals surface area contributed by atoms with Gasteiger partial charge >= 0.3 is 0 Å². The van der Waals surface area contributed by atoms with Gasteiger partial charge in [0.1, 0.15) is 5.76 Å². The minimum absolute atomic E-state index is 0.0825. The second kappa shape index (κ2) is 10.0. The van der Waals surface area contributed by atoms with E-state index >= 15 is 0 Å². The quantitative estimate of drug-likeness (QED) is 0.256. The van der Waals surface area contributed by atoms with Crippen molar-refractivity contribution in [3.05, 3.63) is 93.5 Å². The van der Waals surface area contributed by atoms with E-state index in [9.17, 15) is 19.5 Å². The fourth-order valence-electron chi connectivity index (χ4n) is 4.10. The predicted octanol–water partition coefficient (Wildman–Crippen LogP) is 5.64. The predicted molar refractivity (Wildman–Crippen MR) is 143 cm³/mol. The number of amides is 2. The molecule has 3 aromatic carbocycles. The van der Waals surface area contributed by atoms with Crippen molar-refractivity contribution in [2.24, 2.45) is 0 Å². The van der Waals surface area contributed by atoms with Gasteiger partial charge in [0.05, 0.1) is 21.7 Å². The van der Waals surface area contributed by atoms with E-state index in [1.807, 2.05) is 31.1 Å². The Balaban J connectivity index is 1.92. The smallest absolute Gasteiger partial charge is 0.300 e. The molecule has 0 saturated carbocycles. The van der Waals surface area contributed by atoms with Crippen LogP contribution in [0.2, 0.25) is 10.0 Å². The topological polar surface area (TPSA) is 90.0 Å². The summed E-state index contributed by atoms with van der Waals surface area (Å²) in [7, 11) is 3.80. The fraction of sp³-hybridized carbons (Fsp3) is 0.148. The summed E-state index contributed by atoms with van der Waals surface area (Å²) in [4.78, 5) is 41.5. The highest BCUT2D eigenvalue weighted by Gasteiger charge is 2.47. The largest absolute Gasteiger partial charge is 0.507 e. The molecule has 0 bridgehead atoms. The number of halogens is 2. The standard InChI is InChI=1S/C27H23Cl2N3O4/c1-15(33)30-18-5-4-6-20(14-18)32-24(16-7-10-19(11-8-16)31(2)3)23(26(35)27(32)36)25(34)17-9-12-21(28)22(29)13-17/h4-14,24,34H,1-3H3,(H,30,33)/b25-23+. The van der Waals surface area contributed by atoms with E-state index in [2.05, 4.69) is 5.32 Å². The molecule has 0 aromatic heterocycles. The molecule has 0 aliphatic carbocycles. The first-order valence-electron chi connectivity index (χ1n) is 11.0. The van der Waals surface area contributed by atoms with Gasteiger partial charge in [0.15, 0.2) is 0 Å². The molecule has 36 heavy (non-hydrogen) atoms. The van der Waals surface area contributed by atoms with E-state index in [0.29, 0.717) is 22.0 Å². The van der Waals surface area contributed by atoms with Crippen molar-refractivity contribution in [1.82, 2.24) is 0 Å². The van der Waals surface area contributed by atoms with E-state index < -0.39 is 17.7 Å². The lowest BCUT2D eigenvalue weighted by molar-refractivity contribution is -0.132. The third-order valence-electron chi connectivity index (χ3n) is 5.81. The highest BCUT2D eigenvalue weighted by molar-refractivity contribution is 6.52. The van der Waals surface area contributed by atoms with Gasteiger partial charge < -0.3 is 15.3 Å². The molecular formula is C27H23Cl2N3O4. The number of benzene rings is 3. The number of rotatable bonds is 5. The zero-order valence-corrected chi connectivity index (χ0v) is 21.3. The van der Waals surface area contributed by atoms with Crippen molar-refractivity contribution >= 4 is 63.6 Å². The third-order valence-corrected chi connectivity index (χ3v) is 6.55. The SMILES string of the molecule is CC(=O)Nc1cccc(N2C(=O)C(=O)/C(=C(/O)c3ccc(Cl)c(Cl)c3)C2c2ccc(N(C)C)cc2)c1. The Morgan fingerprint density at radius 3 is 2.28 bits per heavy atom. The van der Waals surface area contributed by atoms with Crippen LogP contribution in [0.3, 0.4) is 0 Å². The van der Waals surface area contributed by atoms with Crippen molar-refractivity contribution in [2.75, 3.05) is 29.2 Å². The monoisotopic (exact) mass is 523 g/mol. The number of carbonyl (C=O) groups is 3. The van der Waals surface area contributed by atoms with Crippen molar-refractivity contribution in [2.45, 2.75) is 13.0 Å². The summed E-state index contributed by atoms with van der Waals surface area (Å²) < 4.78 is 0. The maximum Gasteiger partial charge on any atom is 0.300 e. The van der Waals surface area contributed by atoms with Crippen LogP contribution in [0.15, 0.2) is 72.3 Å². The lowest BCUT2D eigenvalue weighted by Gasteiger charge is -2.26. The van der Waals surface area contributed by atoms with Crippen LogP contribution in [0.1, 0.15) is 24.1 Å². The first kappa shape index (κ1) is 25.3. The molecule has 2 N–H and O–H groups in total. The molecule has 0 radical (unpaired) electrons. The minimum Gasteiger partial charge on any atom is -0.507 e. The van der Waals surface area contributed by atoms with Gasteiger partial charge in [0, 0.05) is 43.6 Å². The number of hydrogen-bond donors (Lipinski definition) is 2.